The molecule has 110 valence electrons. The molecule has 0 unspecified atom stereocenters. The van der Waals surface area contributed by atoms with Crippen molar-refractivity contribution in [3.8, 4) is 0 Å². The highest BCUT2D eigenvalue weighted by molar-refractivity contribution is 7.07. The van der Waals surface area contributed by atoms with Crippen LogP contribution in [0.1, 0.15) is 29.2 Å². The van der Waals surface area contributed by atoms with Crippen molar-refractivity contribution in [1.82, 2.24) is 5.32 Å². The highest BCUT2D eigenvalue weighted by atomic mass is 32.1. The Kier molecular flexibility index (Phi) is 5.11. The molecule has 2 rings (SSSR count). The minimum absolute atomic E-state index is 0.125. The SMILES string of the molecule is Cc1ccccc1[C@H](CC(=O)O)NC(=O)Cc1ccsc1. The molecular formula is C16H17NO3S. The lowest BCUT2D eigenvalue weighted by Gasteiger charge is -2.19. The summed E-state index contributed by atoms with van der Waals surface area (Å²) in [5.41, 5.74) is 2.76. The zero-order valence-electron chi connectivity index (χ0n) is 11.7. The largest absolute Gasteiger partial charge is 0.481 e. The fourth-order valence-corrected chi connectivity index (χ4v) is 2.88. The highest BCUT2D eigenvalue weighted by Crippen LogP contribution is 2.21. The molecule has 4 nitrogen and oxygen atoms in total. The van der Waals surface area contributed by atoms with Crippen LogP contribution in [0.4, 0.5) is 0 Å². The number of carbonyl (C=O) groups excluding carboxylic acids is 1. The first-order valence-corrected chi connectivity index (χ1v) is 7.58. The third-order valence-electron chi connectivity index (χ3n) is 3.22. The van der Waals surface area contributed by atoms with Crippen molar-refractivity contribution >= 4 is 23.2 Å². The van der Waals surface area contributed by atoms with Crippen molar-refractivity contribution in [3.05, 3.63) is 57.8 Å². The van der Waals surface area contributed by atoms with Gasteiger partial charge < -0.3 is 10.4 Å². The van der Waals surface area contributed by atoms with Crippen molar-refractivity contribution in [2.45, 2.75) is 25.8 Å². The van der Waals surface area contributed by atoms with Gasteiger partial charge in [0.2, 0.25) is 5.91 Å². The van der Waals surface area contributed by atoms with E-state index >= 15 is 0 Å². The molecule has 0 aliphatic rings. The Hall–Kier alpha value is -2.14. The molecule has 1 aromatic heterocycles. The summed E-state index contributed by atoms with van der Waals surface area (Å²) in [4.78, 5) is 23.1. The molecule has 5 heteroatoms. The van der Waals surface area contributed by atoms with Gasteiger partial charge >= 0.3 is 5.97 Å². The third kappa shape index (κ3) is 4.43. The van der Waals surface area contributed by atoms with Crippen molar-refractivity contribution < 1.29 is 14.7 Å². The van der Waals surface area contributed by atoms with Crippen LogP contribution in [-0.4, -0.2) is 17.0 Å². The van der Waals surface area contributed by atoms with Crippen LogP contribution < -0.4 is 5.32 Å². The zero-order chi connectivity index (χ0) is 15.2. The average molecular weight is 303 g/mol. The van der Waals surface area contributed by atoms with Gasteiger partial charge in [-0.1, -0.05) is 24.3 Å². The molecule has 1 amide bonds. The standard InChI is InChI=1S/C16H17NO3S/c1-11-4-2-3-5-13(11)14(9-16(19)20)17-15(18)8-12-6-7-21-10-12/h2-7,10,14H,8-9H2,1H3,(H,17,18)(H,19,20)/t14-/m0/s1. The quantitative estimate of drug-likeness (QED) is 0.862. The van der Waals surface area contributed by atoms with Gasteiger partial charge in [0.05, 0.1) is 18.9 Å². The first kappa shape index (κ1) is 15.3. The summed E-state index contributed by atoms with van der Waals surface area (Å²) in [6.45, 7) is 1.91. The number of benzene rings is 1. The third-order valence-corrected chi connectivity index (χ3v) is 3.95. The van der Waals surface area contributed by atoms with E-state index in [4.69, 9.17) is 5.11 Å². The Balaban J connectivity index is 2.11. The topological polar surface area (TPSA) is 66.4 Å². The highest BCUT2D eigenvalue weighted by Gasteiger charge is 2.19. The van der Waals surface area contributed by atoms with E-state index in [9.17, 15) is 9.59 Å². The van der Waals surface area contributed by atoms with Crippen LogP contribution in [0.5, 0.6) is 0 Å². The Bertz CT molecular complexity index is 622. The number of carbonyl (C=O) groups is 2. The Morgan fingerprint density at radius 3 is 2.67 bits per heavy atom. The molecule has 1 heterocycles. The number of aryl methyl sites for hydroxylation is 1. The summed E-state index contributed by atoms with van der Waals surface area (Å²) in [7, 11) is 0. The van der Waals surface area contributed by atoms with Gasteiger partial charge in [0.1, 0.15) is 0 Å². The molecule has 0 spiro atoms. The number of hydrogen-bond acceptors (Lipinski definition) is 3. The van der Waals surface area contributed by atoms with E-state index in [-0.39, 0.29) is 18.7 Å². The van der Waals surface area contributed by atoms with Crippen molar-refractivity contribution in [3.63, 3.8) is 0 Å². The number of carboxylic acid groups (broad SMARTS) is 1. The monoisotopic (exact) mass is 303 g/mol. The van der Waals surface area contributed by atoms with E-state index in [2.05, 4.69) is 5.32 Å². The van der Waals surface area contributed by atoms with Crippen molar-refractivity contribution in [2.24, 2.45) is 0 Å². The van der Waals surface area contributed by atoms with E-state index in [1.165, 1.54) is 11.3 Å². The van der Waals surface area contributed by atoms with Crippen LogP contribution in [-0.2, 0) is 16.0 Å². The van der Waals surface area contributed by atoms with E-state index < -0.39 is 12.0 Å². The smallest absolute Gasteiger partial charge is 0.305 e. The Morgan fingerprint density at radius 2 is 2.05 bits per heavy atom. The lowest BCUT2D eigenvalue weighted by molar-refractivity contribution is -0.137. The summed E-state index contributed by atoms with van der Waals surface area (Å²) >= 11 is 1.54. The van der Waals surface area contributed by atoms with Crippen LogP contribution in [0, 0.1) is 6.92 Å². The van der Waals surface area contributed by atoms with Gasteiger partial charge in [0.15, 0.2) is 0 Å². The minimum atomic E-state index is -0.931. The van der Waals surface area contributed by atoms with Crippen molar-refractivity contribution in [1.29, 1.82) is 0 Å². The maximum atomic E-state index is 12.1. The number of amides is 1. The molecule has 0 saturated carbocycles. The molecular weight excluding hydrogens is 286 g/mol. The average Bonchev–Trinajstić information content (AvgIpc) is 2.90. The van der Waals surface area contributed by atoms with E-state index in [1.54, 1.807) is 0 Å². The fraction of sp³-hybridized carbons (Fsp3) is 0.250. The van der Waals surface area contributed by atoms with Gasteiger partial charge in [0.25, 0.3) is 0 Å². The van der Waals surface area contributed by atoms with Gasteiger partial charge in [-0.3, -0.25) is 9.59 Å². The van der Waals surface area contributed by atoms with Crippen LogP contribution in [0.25, 0.3) is 0 Å². The molecule has 0 bridgehead atoms. The molecule has 1 aromatic carbocycles. The first-order valence-electron chi connectivity index (χ1n) is 6.64. The maximum absolute atomic E-state index is 12.1. The lowest BCUT2D eigenvalue weighted by atomic mass is 9.98. The molecule has 1 atom stereocenters. The summed E-state index contributed by atoms with van der Waals surface area (Å²) in [6.07, 6.45) is 0.145. The molecule has 2 N–H and O–H groups in total. The van der Waals surface area contributed by atoms with Crippen LogP contribution in [0.15, 0.2) is 41.1 Å². The number of carboxylic acids is 1. The van der Waals surface area contributed by atoms with Gasteiger partial charge in [-0.05, 0) is 40.4 Å². The number of aliphatic carboxylic acids is 1. The maximum Gasteiger partial charge on any atom is 0.305 e. The van der Waals surface area contributed by atoms with Crippen LogP contribution in [0.3, 0.4) is 0 Å². The predicted molar refractivity (Wildman–Crippen MR) is 82.3 cm³/mol. The molecule has 0 saturated heterocycles. The Morgan fingerprint density at radius 1 is 1.29 bits per heavy atom. The summed E-state index contributed by atoms with van der Waals surface area (Å²) in [5, 5.41) is 15.7. The minimum Gasteiger partial charge on any atom is -0.481 e. The van der Waals surface area contributed by atoms with Gasteiger partial charge in [-0.25, -0.2) is 0 Å². The molecule has 0 aliphatic heterocycles. The van der Waals surface area contributed by atoms with E-state index in [0.717, 1.165) is 16.7 Å². The van der Waals surface area contributed by atoms with Crippen molar-refractivity contribution in [2.75, 3.05) is 0 Å². The lowest BCUT2D eigenvalue weighted by Crippen LogP contribution is -2.31. The Labute approximate surface area is 127 Å². The number of hydrogen-bond donors (Lipinski definition) is 2. The first-order chi connectivity index (χ1) is 10.1. The normalized spacial score (nSPS) is 11.9. The number of thiophene rings is 1. The van der Waals surface area contributed by atoms with Gasteiger partial charge in [0, 0.05) is 0 Å². The molecule has 0 aliphatic carbocycles. The van der Waals surface area contributed by atoms with Crippen LogP contribution >= 0.6 is 11.3 Å². The van der Waals surface area contributed by atoms with Crippen LogP contribution in [0.2, 0.25) is 0 Å². The second kappa shape index (κ2) is 7.04. The van der Waals surface area contributed by atoms with Gasteiger partial charge in [-0.2, -0.15) is 11.3 Å². The number of nitrogens with one attached hydrogen (secondary N) is 1. The summed E-state index contributed by atoms with van der Waals surface area (Å²) in [5.74, 6) is -1.10. The number of rotatable bonds is 6. The summed E-state index contributed by atoms with van der Waals surface area (Å²) in [6, 6.07) is 8.90. The fourth-order valence-electron chi connectivity index (χ4n) is 2.22. The molecule has 21 heavy (non-hydrogen) atoms. The summed E-state index contributed by atoms with van der Waals surface area (Å²) < 4.78 is 0. The van der Waals surface area contributed by atoms with E-state index in [1.807, 2.05) is 48.0 Å². The molecule has 0 fully saturated rings. The molecule has 2 aromatic rings. The van der Waals surface area contributed by atoms with E-state index in [0.29, 0.717) is 0 Å². The predicted octanol–water partition coefficient (Wildman–Crippen LogP) is 2.93. The van der Waals surface area contributed by atoms with Gasteiger partial charge in [-0.15, -0.1) is 0 Å². The zero-order valence-corrected chi connectivity index (χ0v) is 12.5. The second-order valence-corrected chi connectivity index (χ2v) is 5.66. The second-order valence-electron chi connectivity index (χ2n) is 4.88. The molecule has 0 radical (unpaired) electrons.